The fraction of sp³-hybridized carbons (Fsp3) is 0.150. The van der Waals surface area contributed by atoms with Crippen molar-refractivity contribution in [3.05, 3.63) is 72.3 Å². The minimum Gasteiger partial charge on any atom is -0.298 e. The van der Waals surface area contributed by atoms with E-state index in [-0.39, 0.29) is 16.8 Å². The monoisotopic (exact) mass is 381 g/mol. The first-order chi connectivity index (χ1) is 13.0. The Balaban J connectivity index is 1.40. The molecule has 1 fully saturated rings. The highest BCUT2D eigenvalue weighted by Crippen LogP contribution is 2.22. The Kier molecular flexibility index (Phi) is 4.55. The summed E-state index contributed by atoms with van der Waals surface area (Å²) >= 11 is 0. The number of sulfonamides is 1. The lowest BCUT2D eigenvalue weighted by molar-refractivity contribution is 0.0963. The molecule has 3 aromatic rings. The lowest BCUT2D eigenvalue weighted by Crippen LogP contribution is -2.29. The van der Waals surface area contributed by atoms with E-state index >= 15 is 0 Å². The third kappa shape index (κ3) is 4.10. The Hall–Kier alpha value is -2.90. The summed E-state index contributed by atoms with van der Waals surface area (Å²) in [6.07, 6.45) is 1.78. The smallest absolute Gasteiger partial charge is 0.269 e. The fourth-order valence-electron chi connectivity index (χ4n) is 2.74. The van der Waals surface area contributed by atoms with Crippen LogP contribution in [0.3, 0.4) is 0 Å². The Morgan fingerprint density at radius 3 is 2.30 bits per heavy atom. The third-order valence-corrected chi connectivity index (χ3v) is 5.93. The van der Waals surface area contributed by atoms with E-state index in [1.807, 2.05) is 36.4 Å². The van der Waals surface area contributed by atoms with Gasteiger partial charge >= 0.3 is 0 Å². The van der Waals surface area contributed by atoms with E-state index < -0.39 is 10.0 Å². The fourth-order valence-corrected chi connectivity index (χ4v) is 4.04. The molecule has 4 rings (SSSR count). The van der Waals surface area contributed by atoms with Crippen molar-refractivity contribution in [3.63, 3.8) is 0 Å². The Bertz CT molecular complexity index is 1090. The lowest BCUT2D eigenvalue weighted by Gasteiger charge is -2.10. The first kappa shape index (κ1) is 17.5. The summed E-state index contributed by atoms with van der Waals surface area (Å²) in [5.74, 6) is -0.271. The van der Waals surface area contributed by atoms with Crippen LogP contribution in [0.5, 0.6) is 0 Å². The van der Waals surface area contributed by atoms with Crippen molar-refractivity contribution in [2.75, 3.05) is 5.43 Å². The van der Waals surface area contributed by atoms with E-state index in [9.17, 15) is 13.2 Å². The quantitative estimate of drug-likeness (QED) is 0.573. The SMILES string of the molecule is O=C(NNc1ccc(S(=O)(=O)NC2CC2)cc1)c1ccc2ccccc2c1. The minimum absolute atomic E-state index is 0.0639. The maximum Gasteiger partial charge on any atom is 0.269 e. The van der Waals surface area contributed by atoms with Crippen molar-refractivity contribution in [3.8, 4) is 0 Å². The molecule has 1 aliphatic carbocycles. The van der Waals surface area contributed by atoms with Gasteiger partial charge in [-0.3, -0.25) is 15.6 Å². The molecule has 1 saturated carbocycles. The molecule has 7 heteroatoms. The van der Waals surface area contributed by atoms with Crippen LogP contribution < -0.4 is 15.6 Å². The number of benzene rings is 3. The largest absolute Gasteiger partial charge is 0.298 e. The summed E-state index contributed by atoms with van der Waals surface area (Å²) in [6, 6.07) is 19.6. The molecule has 0 unspecified atom stereocenters. The number of amides is 1. The van der Waals surface area contributed by atoms with Crippen LogP contribution in [0.1, 0.15) is 23.2 Å². The Labute approximate surface area is 157 Å². The molecule has 0 bridgehead atoms. The molecule has 0 saturated heterocycles. The van der Waals surface area contributed by atoms with Crippen molar-refractivity contribution in [2.45, 2.75) is 23.8 Å². The molecule has 0 radical (unpaired) electrons. The highest BCUT2D eigenvalue weighted by atomic mass is 32.2. The van der Waals surface area contributed by atoms with Crippen LogP contribution in [0, 0.1) is 0 Å². The molecule has 3 N–H and O–H groups in total. The van der Waals surface area contributed by atoms with Gasteiger partial charge in [0, 0.05) is 11.6 Å². The van der Waals surface area contributed by atoms with Gasteiger partial charge in [-0.05, 0) is 60.0 Å². The van der Waals surface area contributed by atoms with Crippen molar-refractivity contribution >= 4 is 32.4 Å². The number of fused-ring (bicyclic) bond motifs is 1. The zero-order valence-corrected chi connectivity index (χ0v) is 15.3. The predicted molar refractivity (Wildman–Crippen MR) is 105 cm³/mol. The van der Waals surface area contributed by atoms with E-state index in [1.54, 1.807) is 18.2 Å². The van der Waals surface area contributed by atoms with Crippen LogP contribution in [0.25, 0.3) is 10.8 Å². The van der Waals surface area contributed by atoms with Crippen molar-refractivity contribution < 1.29 is 13.2 Å². The second-order valence-corrected chi connectivity index (χ2v) is 8.27. The third-order valence-electron chi connectivity index (χ3n) is 4.40. The number of anilines is 1. The second-order valence-electron chi connectivity index (χ2n) is 6.56. The van der Waals surface area contributed by atoms with Crippen LogP contribution >= 0.6 is 0 Å². The molecule has 6 nitrogen and oxygen atoms in total. The number of rotatable bonds is 6. The van der Waals surface area contributed by atoms with Crippen LogP contribution in [0.15, 0.2) is 71.6 Å². The number of hydrogen-bond donors (Lipinski definition) is 3. The van der Waals surface area contributed by atoms with E-state index in [2.05, 4.69) is 15.6 Å². The normalized spacial score (nSPS) is 14.1. The van der Waals surface area contributed by atoms with Crippen LogP contribution in [-0.2, 0) is 10.0 Å². The summed E-state index contributed by atoms with van der Waals surface area (Å²) in [7, 11) is -3.47. The van der Waals surface area contributed by atoms with Gasteiger partial charge in [0.05, 0.1) is 10.6 Å². The van der Waals surface area contributed by atoms with Gasteiger partial charge in [-0.25, -0.2) is 13.1 Å². The molecular weight excluding hydrogens is 362 g/mol. The standard InChI is InChI=1S/C20H19N3O3S/c24-20(16-6-5-14-3-1-2-4-15(14)13-16)22-21-17-9-11-19(12-10-17)27(25,26)23-18-7-8-18/h1-6,9-13,18,21,23H,7-8H2,(H,22,24). The van der Waals surface area contributed by atoms with Gasteiger partial charge in [-0.1, -0.05) is 30.3 Å². The second kappa shape index (κ2) is 7.02. The predicted octanol–water partition coefficient (Wildman–Crippen LogP) is 3.04. The van der Waals surface area contributed by atoms with Crippen molar-refractivity contribution in [1.29, 1.82) is 0 Å². The molecule has 0 aromatic heterocycles. The highest BCUT2D eigenvalue weighted by Gasteiger charge is 2.27. The molecule has 138 valence electrons. The van der Waals surface area contributed by atoms with Gasteiger partial charge in [0.2, 0.25) is 10.0 Å². The highest BCUT2D eigenvalue weighted by molar-refractivity contribution is 7.89. The van der Waals surface area contributed by atoms with Crippen molar-refractivity contribution in [2.24, 2.45) is 0 Å². The number of carbonyl (C=O) groups excluding carboxylic acids is 1. The number of hydrazine groups is 1. The number of carbonyl (C=O) groups is 1. The minimum atomic E-state index is -3.47. The maximum atomic E-state index is 12.3. The average Bonchev–Trinajstić information content (AvgIpc) is 3.49. The van der Waals surface area contributed by atoms with E-state index in [0.29, 0.717) is 11.3 Å². The van der Waals surface area contributed by atoms with Crippen LogP contribution in [-0.4, -0.2) is 20.4 Å². The Morgan fingerprint density at radius 2 is 1.59 bits per heavy atom. The molecule has 1 amide bonds. The zero-order chi connectivity index (χ0) is 18.9. The molecule has 3 aromatic carbocycles. The maximum absolute atomic E-state index is 12.3. The van der Waals surface area contributed by atoms with E-state index in [4.69, 9.17) is 0 Å². The van der Waals surface area contributed by atoms with Gasteiger partial charge in [0.15, 0.2) is 0 Å². The van der Waals surface area contributed by atoms with Crippen LogP contribution in [0.2, 0.25) is 0 Å². The topological polar surface area (TPSA) is 87.3 Å². The molecule has 0 aliphatic heterocycles. The van der Waals surface area contributed by atoms with Crippen molar-refractivity contribution in [1.82, 2.24) is 10.1 Å². The van der Waals surface area contributed by atoms with Crippen LogP contribution in [0.4, 0.5) is 5.69 Å². The summed E-state index contributed by atoms with van der Waals surface area (Å²) in [4.78, 5) is 12.5. The van der Waals surface area contributed by atoms with Gasteiger partial charge in [0.1, 0.15) is 0 Å². The van der Waals surface area contributed by atoms with E-state index in [0.717, 1.165) is 23.6 Å². The molecular formula is C20H19N3O3S. The number of nitrogens with one attached hydrogen (secondary N) is 3. The van der Waals surface area contributed by atoms with Gasteiger partial charge < -0.3 is 0 Å². The zero-order valence-electron chi connectivity index (χ0n) is 14.5. The summed E-state index contributed by atoms with van der Waals surface area (Å²) in [5.41, 5.74) is 6.56. The molecule has 0 spiro atoms. The van der Waals surface area contributed by atoms with Gasteiger partial charge in [-0.2, -0.15) is 0 Å². The Morgan fingerprint density at radius 1 is 0.889 bits per heavy atom. The average molecular weight is 381 g/mol. The first-order valence-electron chi connectivity index (χ1n) is 8.69. The first-order valence-corrected chi connectivity index (χ1v) is 10.2. The molecule has 27 heavy (non-hydrogen) atoms. The van der Waals surface area contributed by atoms with E-state index in [1.165, 1.54) is 12.1 Å². The molecule has 1 aliphatic rings. The summed E-state index contributed by atoms with van der Waals surface area (Å²) in [6.45, 7) is 0. The summed E-state index contributed by atoms with van der Waals surface area (Å²) in [5, 5.41) is 2.06. The van der Waals surface area contributed by atoms with Gasteiger partial charge in [0.25, 0.3) is 5.91 Å². The van der Waals surface area contributed by atoms with Gasteiger partial charge in [-0.15, -0.1) is 0 Å². The summed E-state index contributed by atoms with van der Waals surface area (Å²) < 4.78 is 26.9. The molecule has 0 atom stereocenters. The number of hydrogen-bond acceptors (Lipinski definition) is 4. The lowest BCUT2D eigenvalue weighted by atomic mass is 10.1. The molecule has 0 heterocycles.